The van der Waals surface area contributed by atoms with Gasteiger partial charge in [-0.2, -0.15) is 4.31 Å². The zero-order valence-electron chi connectivity index (χ0n) is 15.9. The average Bonchev–Trinajstić information content (AvgIpc) is 2.66. The van der Waals surface area contributed by atoms with E-state index >= 15 is 0 Å². The van der Waals surface area contributed by atoms with E-state index in [4.69, 9.17) is 4.74 Å². The van der Waals surface area contributed by atoms with Crippen LogP contribution in [0.2, 0.25) is 0 Å². The van der Waals surface area contributed by atoms with Gasteiger partial charge in [0.05, 0.1) is 19.0 Å². The Kier molecular flexibility index (Phi) is 6.23. The molecule has 0 saturated carbocycles. The summed E-state index contributed by atoms with van der Waals surface area (Å²) in [6.07, 6.45) is 0.882. The van der Waals surface area contributed by atoms with Crippen LogP contribution >= 0.6 is 0 Å². The van der Waals surface area contributed by atoms with Gasteiger partial charge >= 0.3 is 6.03 Å². The molecule has 0 spiro atoms. The topological polar surface area (TPSA) is 82.2 Å². The molecule has 1 atom stereocenters. The number of hydrogen-bond acceptors (Lipinski definition) is 5. The largest absolute Gasteiger partial charge is 0.374 e. The third-order valence-corrected chi connectivity index (χ3v) is 6.34. The van der Waals surface area contributed by atoms with Gasteiger partial charge in [-0.05, 0) is 18.6 Å². The molecule has 2 saturated heterocycles. The number of rotatable bonds is 4. The van der Waals surface area contributed by atoms with E-state index in [9.17, 15) is 13.2 Å². The summed E-state index contributed by atoms with van der Waals surface area (Å²) in [6, 6.07) is 8.14. The zero-order chi connectivity index (χ0) is 19.4. The second-order valence-corrected chi connectivity index (χ2v) is 9.04. The van der Waals surface area contributed by atoms with Crippen LogP contribution in [0, 0.1) is 6.92 Å². The van der Waals surface area contributed by atoms with Crippen LogP contribution in [0.1, 0.15) is 5.56 Å². The molecule has 0 aliphatic carbocycles. The van der Waals surface area contributed by atoms with Crippen LogP contribution in [0.3, 0.4) is 0 Å². The number of para-hydroxylation sites is 1. The highest BCUT2D eigenvalue weighted by molar-refractivity contribution is 7.88. The number of hydrogen-bond donors (Lipinski definition) is 1. The summed E-state index contributed by atoms with van der Waals surface area (Å²) in [7, 11) is -3.23. The first-order valence-corrected chi connectivity index (χ1v) is 11.1. The maximum atomic E-state index is 12.4. The van der Waals surface area contributed by atoms with Gasteiger partial charge in [0, 0.05) is 51.5 Å². The highest BCUT2D eigenvalue weighted by atomic mass is 32.2. The summed E-state index contributed by atoms with van der Waals surface area (Å²) in [5.41, 5.74) is 2.45. The Morgan fingerprint density at radius 1 is 1.19 bits per heavy atom. The highest BCUT2D eigenvalue weighted by Gasteiger charge is 2.28. The lowest BCUT2D eigenvalue weighted by Gasteiger charge is -2.37. The van der Waals surface area contributed by atoms with E-state index in [1.54, 1.807) is 4.90 Å². The van der Waals surface area contributed by atoms with Crippen molar-refractivity contribution in [2.75, 3.05) is 63.6 Å². The number of ether oxygens (including phenoxy) is 1. The maximum Gasteiger partial charge on any atom is 0.317 e. The van der Waals surface area contributed by atoms with E-state index in [0.717, 1.165) is 13.1 Å². The highest BCUT2D eigenvalue weighted by Crippen LogP contribution is 2.20. The number of piperazine rings is 1. The van der Waals surface area contributed by atoms with Gasteiger partial charge in [0.1, 0.15) is 0 Å². The Morgan fingerprint density at radius 2 is 1.89 bits per heavy atom. The van der Waals surface area contributed by atoms with E-state index in [0.29, 0.717) is 32.8 Å². The van der Waals surface area contributed by atoms with E-state index < -0.39 is 10.0 Å². The minimum absolute atomic E-state index is 0.125. The smallest absolute Gasteiger partial charge is 0.317 e. The number of sulfonamides is 1. The summed E-state index contributed by atoms with van der Waals surface area (Å²) >= 11 is 0. The second kappa shape index (κ2) is 8.45. The van der Waals surface area contributed by atoms with Crippen molar-refractivity contribution in [1.29, 1.82) is 0 Å². The van der Waals surface area contributed by atoms with Gasteiger partial charge in [-0.1, -0.05) is 18.2 Å². The molecule has 1 aromatic carbocycles. The SMILES string of the molecule is Cc1ccccc1N1CCN(C(=O)NC[C@@H]2CN(S(C)(=O)=O)CCO2)CC1. The van der Waals surface area contributed by atoms with Gasteiger partial charge in [0.15, 0.2) is 0 Å². The third-order valence-electron chi connectivity index (χ3n) is 5.07. The van der Waals surface area contributed by atoms with Crippen molar-refractivity contribution in [3.05, 3.63) is 29.8 Å². The Labute approximate surface area is 161 Å². The lowest BCUT2D eigenvalue weighted by molar-refractivity contribution is 0.000878. The lowest BCUT2D eigenvalue weighted by atomic mass is 10.1. The van der Waals surface area contributed by atoms with Crippen molar-refractivity contribution >= 4 is 21.7 Å². The van der Waals surface area contributed by atoms with Gasteiger partial charge in [-0.25, -0.2) is 13.2 Å². The van der Waals surface area contributed by atoms with E-state index in [1.165, 1.54) is 21.8 Å². The minimum atomic E-state index is -3.23. The fourth-order valence-electron chi connectivity index (χ4n) is 3.50. The Balaban J connectivity index is 1.45. The molecule has 0 aromatic heterocycles. The third kappa shape index (κ3) is 5.12. The quantitative estimate of drug-likeness (QED) is 0.801. The van der Waals surface area contributed by atoms with E-state index in [-0.39, 0.29) is 18.7 Å². The normalized spacial score (nSPS) is 21.9. The number of amides is 2. The number of morpholine rings is 1. The van der Waals surface area contributed by atoms with E-state index in [2.05, 4.69) is 29.3 Å². The molecule has 0 bridgehead atoms. The maximum absolute atomic E-state index is 12.4. The number of anilines is 1. The summed E-state index contributed by atoms with van der Waals surface area (Å²) < 4.78 is 30.3. The molecule has 9 heteroatoms. The number of carbonyl (C=O) groups is 1. The molecule has 2 aliphatic rings. The molecule has 3 rings (SSSR count). The van der Waals surface area contributed by atoms with Crippen molar-refractivity contribution in [1.82, 2.24) is 14.5 Å². The summed E-state index contributed by atoms with van der Waals surface area (Å²) in [5, 5.41) is 2.88. The number of benzene rings is 1. The van der Waals surface area contributed by atoms with Crippen LogP contribution in [-0.4, -0.2) is 88.4 Å². The minimum Gasteiger partial charge on any atom is -0.374 e. The van der Waals surface area contributed by atoms with E-state index in [1.807, 2.05) is 12.1 Å². The Bertz CT molecular complexity index is 762. The number of carbonyl (C=O) groups excluding carboxylic acids is 1. The number of aryl methyl sites for hydroxylation is 1. The molecule has 8 nitrogen and oxygen atoms in total. The molecule has 2 heterocycles. The van der Waals surface area contributed by atoms with Crippen molar-refractivity contribution in [2.24, 2.45) is 0 Å². The number of nitrogens with one attached hydrogen (secondary N) is 1. The van der Waals surface area contributed by atoms with Crippen molar-refractivity contribution in [2.45, 2.75) is 13.0 Å². The molecule has 2 fully saturated rings. The second-order valence-electron chi connectivity index (χ2n) is 7.06. The van der Waals surface area contributed by atoms with Gasteiger partial charge in [-0.3, -0.25) is 0 Å². The van der Waals surface area contributed by atoms with Crippen LogP contribution in [0.25, 0.3) is 0 Å². The molecule has 150 valence electrons. The molecule has 27 heavy (non-hydrogen) atoms. The molecule has 1 N–H and O–H groups in total. The van der Waals surface area contributed by atoms with Gasteiger partial charge in [0.2, 0.25) is 10.0 Å². The first kappa shape index (κ1) is 19.9. The zero-order valence-corrected chi connectivity index (χ0v) is 16.7. The summed E-state index contributed by atoms with van der Waals surface area (Å²) in [5.74, 6) is 0. The standard InChI is InChI=1S/C18H28N4O4S/c1-15-5-3-4-6-17(15)20-7-9-21(10-8-20)18(23)19-13-16-14-22(11-12-26-16)27(2,24)25/h3-6,16H,7-14H2,1-2H3,(H,19,23)/t16-/m1/s1. The first-order valence-electron chi connectivity index (χ1n) is 9.24. The average molecular weight is 397 g/mol. The van der Waals surface area contributed by atoms with Gasteiger partial charge in [-0.15, -0.1) is 0 Å². The van der Waals surface area contributed by atoms with Crippen LogP contribution in [0.5, 0.6) is 0 Å². The predicted octanol–water partition coefficient (Wildman–Crippen LogP) is 0.487. The summed E-state index contributed by atoms with van der Waals surface area (Å²) in [4.78, 5) is 16.5. The summed E-state index contributed by atoms with van der Waals surface area (Å²) in [6.45, 7) is 6.29. The molecule has 1 aromatic rings. The van der Waals surface area contributed by atoms with Crippen molar-refractivity contribution in [3.63, 3.8) is 0 Å². The molecule has 0 radical (unpaired) electrons. The Morgan fingerprint density at radius 3 is 2.56 bits per heavy atom. The van der Waals surface area contributed by atoms with Crippen LogP contribution in [0.4, 0.5) is 10.5 Å². The number of nitrogens with zero attached hydrogens (tertiary/aromatic N) is 3. The van der Waals surface area contributed by atoms with Gasteiger partial charge < -0.3 is 19.9 Å². The molecule has 2 amide bonds. The van der Waals surface area contributed by atoms with Crippen LogP contribution in [-0.2, 0) is 14.8 Å². The molecule has 0 unspecified atom stereocenters. The van der Waals surface area contributed by atoms with Gasteiger partial charge in [0.25, 0.3) is 0 Å². The molecular weight excluding hydrogens is 368 g/mol. The lowest BCUT2D eigenvalue weighted by Crippen LogP contribution is -2.54. The molecular formula is C18H28N4O4S. The predicted molar refractivity (Wildman–Crippen MR) is 105 cm³/mol. The number of urea groups is 1. The first-order chi connectivity index (χ1) is 12.8. The fraction of sp³-hybridized carbons (Fsp3) is 0.611. The van der Waals surface area contributed by atoms with Crippen molar-refractivity contribution in [3.8, 4) is 0 Å². The molecule has 2 aliphatic heterocycles. The van der Waals surface area contributed by atoms with Crippen LogP contribution < -0.4 is 10.2 Å². The van der Waals surface area contributed by atoms with Crippen molar-refractivity contribution < 1.29 is 17.9 Å². The Hall–Kier alpha value is -1.84. The fourth-order valence-corrected chi connectivity index (χ4v) is 4.34. The monoisotopic (exact) mass is 396 g/mol. The van der Waals surface area contributed by atoms with Crippen LogP contribution in [0.15, 0.2) is 24.3 Å².